The van der Waals surface area contributed by atoms with Crippen molar-refractivity contribution in [3.8, 4) is 0 Å². The van der Waals surface area contributed by atoms with Gasteiger partial charge in [-0.2, -0.15) is 0 Å². The van der Waals surface area contributed by atoms with Crippen molar-refractivity contribution >= 4 is 27.8 Å². The number of benzene rings is 1. The van der Waals surface area contributed by atoms with Gasteiger partial charge in [-0.25, -0.2) is 4.98 Å². The number of allylic oxidation sites excluding steroid dienone is 1. The zero-order valence-electron chi connectivity index (χ0n) is 8.55. The molecule has 1 aromatic heterocycles. The minimum Gasteiger partial charge on any atom is -0.270 e. The van der Waals surface area contributed by atoms with Crippen LogP contribution in [0.4, 0.5) is 0 Å². The van der Waals surface area contributed by atoms with E-state index in [9.17, 15) is 0 Å². The Morgan fingerprint density at radius 2 is 2.40 bits per heavy atom. The lowest BCUT2D eigenvalue weighted by Gasteiger charge is -1.95. The van der Waals surface area contributed by atoms with E-state index in [1.54, 1.807) is 17.6 Å². The van der Waals surface area contributed by atoms with Crippen LogP contribution in [0, 0.1) is 0 Å². The van der Waals surface area contributed by atoms with Gasteiger partial charge in [0.05, 0.1) is 15.7 Å². The van der Waals surface area contributed by atoms with Gasteiger partial charge in [0.1, 0.15) is 0 Å². The Balaban J connectivity index is 2.14. The highest BCUT2D eigenvalue weighted by Gasteiger charge is 1.96. The first-order valence-electron chi connectivity index (χ1n) is 4.85. The molecule has 0 spiro atoms. The molecular weight excluding hydrogens is 204 g/mol. The summed E-state index contributed by atoms with van der Waals surface area (Å²) in [5.74, 6) is 0. The van der Waals surface area contributed by atoms with Crippen LogP contribution < -0.4 is 0 Å². The van der Waals surface area contributed by atoms with Gasteiger partial charge >= 0.3 is 0 Å². The van der Waals surface area contributed by atoms with Crippen LogP contribution in [-0.4, -0.2) is 11.2 Å². The fourth-order valence-corrected chi connectivity index (χ4v) is 2.02. The van der Waals surface area contributed by atoms with Crippen LogP contribution in [0.15, 0.2) is 41.0 Å². The van der Waals surface area contributed by atoms with E-state index < -0.39 is 0 Å². The zero-order valence-corrected chi connectivity index (χ0v) is 9.37. The Kier molecular flexibility index (Phi) is 3.25. The van der Waals surface area contributed by atoms with Crippen molar-refractivity contribution in [1.82, 2.24) is 4.98 Å². The maximum Gasteiger partial charge on any atom is 0.0814 e. The average molecular weight is 216 g/mol. The highest BCUT2D eigenvalue weighted by atomic mass is 32.1. The van der Waals surface area contributed by atoms with Crippen molar-refractivity contribution in [1.29, 1.82) is 0 Å². The average Bonchev–Trinajstić information content (AvgIpc) is 2.71. The molecule has 2 rings (SSSR count). The summed E-state index contributed by atoms with van der Waals surface area (Å²) >= 11 is 1.68. The molecule has 0 unspecified atom stereocenters. The van der Waals surface area contributed by atoms with Crippen LogP contribution in [-0.2, 0) is 6.42 Å². The molecular formula is C12H12N2S. The fraction of sp³-hybridized carbons (Fsp3) is 0.167. The van der Waals surface area contributed by atoms with E-state index in [-0.39, 0.29) is 0 Å². The number of hydrogen-bond donors (Lipinski definition) is 0. The van der Waals surface area contributed by atoms with Crippen molar-refractivity contribution in [2.24, 2.45) is 4.99 Å². The molecule has 0 aliphatic heterocycles. The standard InChI is InChI=1S/C12H12N2S/c1-2-13-7-3-4-10-5-6-12-11(8-10)14-9-15-12/h2-3,5-9H,4H2,1H3/b7-3-,13-2?. The second-order valence-electron chi connectivity index (χ2n) is 3.15. The summed E-state index contributed by atoms with van der Waals surface area (Å²) in [5.41, 5.74) is 4.24. The van der Waals surface area contributed by atoms with E-state index in [1.165, 1.54) is 10.3 Å². The Bertz CT molecular complexity index is 497. The lowest BCUT2D eigenvalue weighted by atomic mass is 10.1. The Labute approximate surface area is 93.0 Å². The number of aliphatic imine (C=N–C) groups is 1. The first kappa shape index (κ1) is 10.1. The van der Waals surface area contributed by atoms with Crippen LogP contribution in [0.1, 0.15) is 12.5 Å². The van der Waals surface area contributed by atoms with Crippen LogP contribution in [0.5, 0.6) is 0 Å². The zero-order chi connectivity index (χ0) is 10.5. The molecule has 1 heterocycles. The number of thiazole rings is 1. The predicted octanol–water partition coefficient (Wildman–Crippen LogP) is 3.44. The third-order valence-corrected chi connectivity index (χ3v) is 2.90. The van der Waals surface area contributed by atoms with Crippen molar-refractivity contribution in [3.05, 3.63) is 41.5 Å². The van der Waals surface area contributed by atoms with E-state index in [0.29, 0.717) is 0 Å². The van der Waals surface area contributed by atoms with Crippen LogP contribution >= 0.6 is 11.3 Å². The van der Waals surface area contributed by atoms with Gasteiger partial charge in [-0.15, -0.1) is 11.3 Å². The number of fused-ring (bicyclic) bond motifs is 1. The molecule has 0 bridgehead atoms. The van der Waals surface area contributed by atoms with Crippen molar-refractivity contribution < 1.29 is 0 Å². The summed E-state index contributed by atoms with van der Waals surface area (Å²) in [4.78, 5) is 8.31. The maximum absolute atomic E-state index is 4.29. The quantitative estimate of drug-likeness (QED) is 0.721. The normalized spacial score (nSPS) is 12.1. The van der Waals surface area contributed by atoms with Gasteiger partial charge < -0.3 is 0 Å². The largest absolute Gasteiger partial charge is 0.270 e. The maximum atomic E-state index is 4.29. The van der Waals surface area contributed by atoms with Crippen molar-refractivity contribution in [2.75, 3.05) is 0 Å². The molecule has 15 heavy (non-hydrogen) atoms. The summed E-state index contributed by atoms with van der Waals surface area (Å²) in [7, 11) is 0. The summed E-state index contributed by atoms with van der Waals surface area (Å²) in [6.45, 7) is 1.91. The molecule has 0 fully saturated rings. The number of aromatic nitrogens is 1. The van der Waals surface area contributed by atoms with Gasteiger partial charge in [0.2, 0.25) is 0 Å². The Morgan fingerprint density at radius 1 is 1.47 bits per heavy atom. The predicted molar refractivity (Wildman–Crippen MR) is 66.6 cm³/mol. The number of nitrogens with zero attached hydrogens (tertiary/aromatic N) is 2. The molecule has 2 aromatic rings. The Hall–Kier alpha value is -1.48. The lowest BCUT2D eigenvalue weighted by Crippen LogP contribution is -1.80. The highest BCUT2D eigenvalue weighted by molar-refractivity contribution is 7.16. The molecule has 2 nitrogen and oxygen atoms in total. The first-order valence-corrected chi connectivity index (χ1v) is 5.73. The van der Waals surface area contributed by atoms with Gasteiger partial charge in [0.15, 0.2) is 0 Å². The van der Waals surface area contributed by atoms with Crippen LogP contribution in [0.3, 0.4) is 0 Å². The summed E-state index contributed by atoms with van der Waals surface area (Å²) in [5, 5.41) is 0. The molecule has 3 heteroatoms. The third kappa shape index (κ3) is 2.50. The van der Waals surface area contributed by atoms with E-state index in [2.05, 4.69) is 28.2 Å². The minimum atomic E-state index is 0.908. The van der Waals surface area contributed by atoms with E-state index in [0.717, 1.165) is 11.9 Å². The second-order valence-corrected chi connectivity index (χ2v) is 4.04. The molecule has 0 N–H and O–H groups in total. The van der Waals surface area contributed by atoms with Gasteiger partial charge in [-0.3, -0.25) is 4.99 Å². The molecule has 0 saturated carbocycles. The van der Waals surface area contributed by atoms with E-state index in [4.69, 9.17) is 0 Å². The highest BCUT2D eigenvalue weighted by Crippen LogP contribution is 2.19. The summed E-state index contributed by atoms with van der Waals surface area (Å²) < 4.78 is 1.24. The number of hydrogen-bond acceptors (Lipinski definition) is 3. The van der Waals surface area contributed by atoms with Crippen LogP contribution in [0.25, 0.3) is 10.2 Å². The van der Waals surface area contributed by atoms with E-state index in [1.807, 2.05) is 24.7 Å². The fourth-order valence-electron chi connectivity index (χ4n) is 1.37. The summed E-state index contributed by atoms with van der Waals surface area (Å²) in [6.07, 6.45) is 6.56. The molecule has 0 amide bonds. The molecule has 0 aliphatic carbocycles. The SMILES string of the molecule is CC=N/C=C\Cc1ccc2scnc2c1. The second kappa shape index (κ2) is 4.84. The Morgan fingerprint density at radius 3 is 3.27 bits per heavy atom. The van der Waals surface area contributed by atoms with Gasteiger partial charge in [-0.1, -0.05) is 12.1 Å². The smallest absolute Gasteiger partial charge is 0.0814 e. The molecule has 1 aromatic carbocycles. The lowest BCUT2D eigenvalue weighted by molar-refractivity contribution is 1.26. The van der Waals surface area contributed by atoms with Crippen molar-refractivity contribution in [3.63, 3.8) is 0 Å². The minimum absolute atomic E-state index is 0.908. The molecule has 0 saturated heterocycles. The molecule has 0 radical (unpaired) electrons. The molecule has 0 atom stereocenters. The molecule has 0 aliphatic rings. The van der Waals surface area contributed by atoms with Gasteiger partial charge in [-0.05, 0) is 31.0 Å². The van der Waals surface area contributed by atoms with Crippen LogP contribution in [0.2, 0.25) is 0 Å². The third-order valence-electron chi connectivity index (χ3n) is 2.09. The monoisotopic (exact) mass is 216 g/mol. The van der Waals surface area contributed by atoms with E-state index >= 15 is 0 Å². The molecule has 76 valence electrons. The van der Waals surface area contributed by atoms with Crippen molar-refractivity contribution in [2.45, 2.75) is 13.3 Å². The topological polar surface area (TPSA) is 25.2 Å². The first-order chi connectivity index (χ1) is 7.40. The number of rotatable bonds is 3. The summed E-state index contributed by atoms with van der Waals surface area (Å²) in [6, 6.07) is 6.39. The van der Waals surface area contributed by atoms with Gasteiger partial charge in [0, 0.05) is 12.4 Å². The van der Waals surface area contributed by atoms with Gasteiger partial charge in [0.25, 0.3) is 0 Å².